The highest BCUT2D eigenvalue weighted by Crippen LogP contribution is 1.95. The van der Waals surface area contributed by atoms with Crippen LogP contribution in [0.3, 0.4) is 0 Å². The Morgan fingerprint density at radius 1 is 1.36 bits per heavy atom. The summed E-state index contributed by atoms with van der Waals surface area (Å²) in [5, 5.41) is 16.9. The van der Waals surface area contributed by atoms with Crippen LogP contribution in [0.25, 0.3) is 0 Å². The van der Waals surface area contributed by atoms with Crippen LogP contribution in [0.4, 0.5) is 8.78 Å². The molecule has 0 saturated carbocycles. The predicted molar refractivity (Wildman–Crippen MR) is 34.0 cm³/mol. The fourth-order valence-corrected chi connectivity index (χ4v) is 0.608. The van der Waals surface area contributed by atoms with Crippen LogP contribution in [0.5, 0.6) is 0 Å². The Hall–Kier alpha value is -1.01. The largest absolute Gasteiger partial charge is 0.493 e. The van der Waals surface area contributed by atoms with Gasteiger partial charge in [0.2, 0.25) is 5.95 Å². The predicted octanol–water partition coefficient (Wildman–Crippen LogP) is -0.960. The number of pyridine rings is 1. The highest BCUT2D eigenvalue weighted by Gasteiger charge is 2.16. The summed E-state index contributed by atoms with van der Waals surface area (Å²) in [7, 11) is -1.96. The van der Waals surface area contributed by atoms with E-state index in [1.807, 2.05) is 0 Å². The van der Waals surface area contributed by atoms with Gasteiger partial charge < -0.3 is 10.0 Å². The fraction of sp³-hybridized carbons (Fsp3) is 0. The highest BCUT2D eigenvalue weighted by atomic mass is 19.1. The molecular formula is C5H4BF2NO2. The van der Waals surface area contributed by atoms with Gasteiger partial charge in [0.05, 0.1) is 0 Å². The van der Waals surface area contributed by atoms with E-state index >= 15 is 0 Å². The fourth-order valence-electron chi connectivity index (χ4n) is 0.608. The first-order chi connectivity index (χ1) is 5.11. The van der Waals surface area contributed by atoms with Crippen molar-refractivity contribution >= 4 is 12.6 Å². The summed E-state index contributed by atoms with van der Waals surface area (Å²) in [6.07, 6.45) is 0.731. The van der Waals surface area contributed by atoms with Crippen molar-refractivity contribution in [3.63, 3.8) is 0 Å². The molecular weight excluding hydrogens is 155 g/mol. The Kier molecular flexibility index (Phi) is 2.16. The van der Waals surface area contributed by atoms with Gasteiger partial charge in [0, 0.05) is 17.7 Å². The van der Waals surface area contributed by atoms with E-state index in [9.17, 15) is 8.78 Å². The molecule has 0 aliphatic carbocycles. The Labute approximate surface area is 61.5 Å². The third-order valence-electron chi connectivity index (χ3n) is 1.13. The molecule has 1 rings (SSSR count). The topological polar surface area (TPSA) is 53.4 Å². The van der Waals surface area contributed by atoms with Crippen molar-refractivity contribution in [1.29, 1.82) is 0 Å². The minimum atomic E-state index is -1.96. The normalized spacial score (nSPS) is 9.82. The second kappa shape index (κ2) is 2.94. The van der Waals surface area contributed by atoms with E-state index in [4.69, 9.17) is 10.0 Å². The van der Waals surface area contributed by atoms with Gasteiger partial charge in [-0.2, -0.15) is 4.39 Å². The lowest BCUT2D eigenvalue weighted by atomic mass is 9.81. The van der Waals surface area contributed by atoms with Gasteiger partial charge in [-0.25, -0.2) is 9.37 Å². The van der Waals surface area contributed by atoms with Crippen LogP contribution < -0.4 is 5.46 Å². The van der Waals surface area contributed by atoms with Crippen LogP contribution in [0.15, 0.2) is 12.3 Å². The number of halogens is 2. The van der Waals surface area contributed by atoms with E-state index in [-0.39, 0.29) is 0 Å². The van der Waals surface area contributed by atoms with Gasteiger partial charge in [-0.05, 0) is 0 Å². The van der Waals surface area contributed by atoms with Gasteiger partial charge in [-0.3, -0.25) is 0 Å². The lowest BCUT2D eigenvalue weighted by Gasteiger charge is -1.98. The number of hydrogen-bond acceptors (Lipinski definition) is 3. The van der Waals surface area contributed by atoms with Crippen molar-refractivity contribution in [3.05, 3.63) is 24.0 Å². The lowest BCUT2D eigenvalue weighted by molar-refractivity contribution is 0.422. The summed E-state index contributed by atoms with van der Waals surface area (Å²) in [6.45, 7) is 0. The molecule has 3 nitrogen and oxygen atoms in total. The summed E-state index contributed by atoms with van der Waals surface area (Å²) in [5.74, 6) is -2.01. The number of rotatable bonds is 1. The summed E-state index contributed by atoms with van der Waals surface area (Å²) >= 11 is 0. The molecule has 0 spiro atoms. The molecule has 0 aliphatic heterocycles. The molecule has 0 saturated heterocycles. The smallest absolute Gasteiger partial charge is 0.423 e. The Morgan fingerprint density at radius 2 is 2.00 bits per heavy atom. The first kappa shape index (κ1) is 8.09. The minimum absolute atomic E-state index is 0.439. The van der Waals surface area contributed by atoms with Gasteiger partial charge in [0.15, 0.2) is 0 Å². The number of aromatic nitrogens is 1. The van der Waals surface area contributed by atoms with E-state index in [0.717, 1.165) is 6.20 Å². The molecule has 1 aromatic rings. The van der Waals surface area contributed by atoms with E-state index in [1.165, 1.54) is 0 Å². The van der Waals surface area contributed by atoms with Crippen LogP contribution in [-0.2, 0) is 0 Å². The molecule has 0 radical (unpaired) electrons. The second-order valence-corrected chi connectivity index (χ2v) is 1.90. The summed E-state index contributed by atoms with van der Waals surface area (Å²) in [4.78, 5) is 3.03. The Balaban J connectivity index is 3.09. The average Bonchev–Trinajstić information content (AvgIpc) is 1.85. The third-order valence-corrected chi connectivity index (χ3v) is 1.13. The molecule has 0 aliphatic rings. The van der Waals surface area contributed by atoms with Crippen LogP contribution in [0, 0.1) is 11.8 Å². The van der Waals surface area contributed by atoms with Gasteiger partial charge in [-0.15, -0.1) is 0 Å². The number of nitrogens with zero attached hydrogens (tertiary/aromatic N) is 1. The van der Waals surface area contributed by atoms with Gasteiger partial charge in [-0.1, -0.05) is 0 Å². The molecule has 1 heterocycles. The van der Waals surface area contributed by atoms with Gasteiger partial charge in [0.25, 0.3) is 0 Å². The quantitative estimate of drug-likeness (QED) is 0.409. The van der Waals surface area contributed by atoms with E-state index in [1.54, 1.807) is 0 Å². The van der Waals surface area contributed by atoms with E-state index in [2.05, 4.69) is 4.98 Å². The molecule has 0 atom stereocenters. The zero-order valence-electron chi connectivity index (χ0n) is 5.33. The maximum atomic E-state index is 12.5. The molecule has 0 amide bonds. The molecule has 58 valence electrons. The standard InChI is InChI=1S/C5H4BF2NO2/c7-4-1-5(8)9-2-3(4)6(10)11/h1-2,10-11H. The highest BCUT2D eigenvalue weighted by molar-refractivity contribution is 6.58. The Morgan fingerprint density at radius 3 is 2.45 bits per heavy atom. The molecule has 0 bridgehead atoms. The maximum absolute atomic E-state index is 12.5. The number of hydrogen-bond donors (Lipinski definition) is 2. The van der Waals surface area contributed by atoms with E-state index in [0.29, 0.717) is 6.07 Å². The molecule has 6 heteroatoms. The molecule has 0 aromatic carbocycles. The van der Waals surface area contributed by atoms with Crippen molar-refractivity contribution in [2.24, 2.45) is 0 Å². The molecule has 1 aromatic heterocycles. The third kappa shape index (κ3) is 1.72. The van der Waals surface area contributed by atoms with Crippen molar-refractivity contribution < 1.29 is 18.8 Å². The Bertz CT molecular complexity index is 269. The summed E-state index contributed by atoms with van der Waals surface area (Å²) < 4.78 is 24.6. The molecule has 2 N–H and O–H groups in total. The lowest BCUT2D eigenvalue weighted by Crippen LogP contribution is -2.33. The van der Waals surface area contributed by atoms with Crippen LogP contribution in [0.1, 0.15) is 0 Å². The second-order valence-electron chi connectivity index (χ2n) is 1.90. The average molecular weight is 159 g/mol. The van der Waals surface area contributed by atoms with Crippen LogP contribution in [-0.4, -0.2) is 22.2 Å². The van der Waals surface area contributed by atoms with Crippen LogP contribution >= 0.6 is 0 Å². The zero-order valence-corrected chi connectivity index (χ0v) is 5.33. The van der Waals surface area contributed by atoms with Crippen LogP contribution in [0.2, 0.25) is 0 Å². The maximum Gasteiger partial charge on any atom is 0.493 e. The van der Waals surface area contributed by atoms with Crippen molar-refractivity contribution in [3.8, 4) is 0 Å². The first-order valence-corrected chi connectivity index (χ1v) is 2.78. The van der Waals surface area contributed by atoms with E-state index < -0.39 is 24.3 Å². The van der Waals surface area contributed by atoms with Crippen molar-refractivity contribution in [2.45, 2.75) is 0 Å². The molecule has 0 fully saturated rings. The molecule has 0 unspecified atom stereocenters. The van der Waals surface area contributed by atoms with Crippen molar-refractivity contribution in [1.82, 2.24) is 4.98 Å². The summed E-state index contributed by atoms with van der Waals surface area (Å²) in [6, 6.07) is 0.481. The summed E-state index contributed by atoms with van der Waals surface area (Å²) in [5.41, 5.74) is -0.439. The monoisotopic (exact) mass is 159 g/mol. The van der Waals surface area contributed by atoms with Crippen molar-refractivity contribution in [2.75, 3.05) is 0 Å². The van der Waals surface area contributed by atoms with Gasteiger partial charge >= 0.3 is 7.12 Å². The first-order valence-electron chi connectivity index (χ1n) is 2.78. The zero-order chi connectivity index (χ0) is 8.43. The molecule has 11 heavy (non-hydrogen) atoms. The SMILES string of the molecule is OB(O)c1cnc(F)cc1F. The minimum Gasteiger partial charge on any atom is -0.423 e. The van der Waals surface area contributed by atoms with Gasteiger partial charge in [0.1, 0.15) is 5.82 Å².